The quantitative estimate of drug-likeness (QED) is 0.515. The van der Waals surface area contributed by atoms with Crippen molar-refractivity contribution in [3.8, 4) is 5.75 Å². The molecule has 2 rings (SSSR count). The Balaban J connectivity index is 1.95. The lowest BCUT2D eigenvalue weighted by molar-refractivity contribution is -0.166. The number of carbonyl (C=O) groups excluding carboxylic acids is 1. The monoisotopic (exact) mass is 447 g/mol. The van der Waals surface area contributed by atoms with Crippen LogP contribution in [0.2, 0.25) is 5.02 Å². The predicted molar refractivity (Wildman–Crippen MR) is 120 cm³/mol. The summed E-state index contributed by atoms with van der Waals surface area (Å²) < 4.78 is 11.2. The van der Waals surface area contributed by atoms with Gasteiger partial charge in [-0.15, -0.1) is 0 Å². The van der Waals surface area contributed by atoms with Gasteiger partial charge in [0.15, 0.2) is 12.2 Å². The van der Waals surface area contributed by atoms with Gasteiger partial charge in [0.2, 0.25) is 0 Å². The molecule has 0 aliphatic rings. The van der Waals surface area contributed by atoms with Crippen molar-refractivity contribution in [2.75, 3.05) is 19.8 Å². The van der Waals surface area contributed by atoms with E-state index in [4.69, 9.17) is 21.1 Å². The van der Waals surface area contributed by atoms with Crippen LogP contribution in [0.1, 0.15) is 38.3 Å². The first-order valence-corrected chi connectivity index (χ1v) is 10.8. The lowest BCUT2D eigenvalue weighted by atomic mass is 9.91. The molecule has 0 bridgehead atoms. The zero-order valence-corrected chi connectivity index (χ0v) is 19.0. The van der Waals surface area contributed by atoms with Crippen molar-refractivity contribution < 1.29 is 24.2 Å². The molecule has 1 amide bonds. The van der Waals surface area contributed by atoms with Gasteiger partial charge in [-0.25, -0.2) is 4.79 Å². The zero-order chi connectivity index (χ0) is 22.9. The first-order chi connectivity index (χ1) is 14.8. The zero-order valence-electron chi connectivity index (χ0n) is 18.3. The molecular weight excluding hydrogens is 418 g/mol. The number of rotatable bonds is 12. The Hall–Kier alpha value is -2.57. The topological polar surface area (TPSA) is 76.1 Å². The highest BCUT2D eigenvalue weighted by Crippen LogP contribution is 2.24. The number of aliphatic carboxylic acids is 1. The summed E-state index contributed by atoms with van der Waals surface area (Å²) in [6.07, 6.45) is 0.625. The largest absolute Gasteiger partial charge is 0.484 e. The molecule has 1 atom stereocenters. The summed E-state index contributed by atoms with van der Waals surface area (Å²) in [7, 11) is 0. The fourth-order valence-corrected chi connectivity index (χ4v) is 3.43. The van der Waals surface area contributed by atoms with Crippen LogP contribution in [0.15, 0.2) is 48.5 Å². The van der Waals surface area contributed by atoms with Crippen LogP contribution in [0, 0.1) is 0 Å². The summed E-state index contributed by atoms with van der Waals surface area (Å²) >= 11 is 5.91. The second kappa shape index (κ2) is 11.7. The average molecular weight is 448 g/mol. The van der Waals surface area contributed by atoms with E-state index in [0.29, 0.717) is 36.9 Å². The van der Waals surface area contributed by atoms with Crippen LogP contribution in [0.25, 0.3) is 0 Å². The highest BCUT2D eigenvalue weighted by molar-refractivity contribution is 6.30. The third kappa shape index (κ3) is 6.97. The van der Waals surface area contributed by atoms with Crippen LogP contribution in [0.5, 0.6) is 5.75 Å². The average Bonchev–Trinajstić information content (AvgIpc) is 2.77. The highest BCUT2D eigenvalue weighted by Gasteiger charge is 2.37. The predicted octanol–water partition coefficient (Wildman–Crippen LogP) is 4.58. The molecule has 0 heterocycles. The number of carboxylic acid groups (broad SMARTS) is 1. The first-order valence-electron chi connectivity index (χ1n) is 10.4. The third-order valence-corrected chi connectivity index (χ3v) is 5.43. The van der Waals surface area contributed by atoms with E-state index in [-0.39, 0.29) is 18.9 Å². The molecule has 0 fully saturated rings. The molecule has 0 unspecified atom stereocenters. The molecule has 0 spiro atoms. The number of hydrogen-bond donors (Lipinski definition) is 1. The number of halogens is 1. The van der Waals surface area contributed by atoms with Gasteiger partial charge in [0.25, 0.3) is 5.91 Å². The minimum atomic E-state index is -1.24. The Morgan fingerprint density at radius 2 is 1.61 bits per heavy atom. The fourth-order valence-electron chi connectivity index (χ4n) is 3.30. The Morgan fingerprint density at radius 1 is 1.00 bits per heavy atom. The lowest BCUT2D eigenvalue weighted by Crippen LogP contribution is -2.43. The molecule has 6 nitrogen and oxygen atoms in total. The van der Waals surface area contributed by atoms with Gasteiger partial charge < -0.3 is 19.5 Å². The summed E-state index contributed by atoms with van der Waals surface area (Å²) in [5.74, 6) is -0.537. The second-order valence-corrected chi connectivity index (χ2v) is 7.67. The van der Waals surface area contributed by atoms with Crippen LogP contribution < -0.4 is 4.74 Å². The number of carbonyl (C=O) groups is 2. The number of ether oxygens (including phenoxy) is 2. The number of likely N-dealkylation sites (N-methyl/N-ethyl adjacent to an activating group) is 1. The van der Waals surface area contributed by atoms with Gasteiger partial charge in [-0.1, -0.05) is 42.8 Å². The van der Waals surface area contributed by atoms with Gasteiger partial charge in [0.1, 0.15) is 5.75 Å². The van der Waals surface area contributed by atoms with Gasteiger partial charge in [-0.3, -0.25) is 4.79 Å². The fraction of sp³-hybridized carbons (Fsp3) is 0.417. The normalized spacial score (nSPS) is 12.8. The molecule has 2 aromatic rings. The summed E-state index contributed by atoms with van der Waals surface area (Å²) in [6, 6.07) is 14.5. The van der Waals surface area contributed by atoms with Gasteiger partial charge in [0, 0.05) is 31.1 Å². The minimum Gasteiger partial charge on any atom is -0.484 e. The molecule has 31 heavy (non-hydrogen) atoms. The van der Waals surface area contributed by atoms with Crippen LogP contribution in [0.4, 0.5) is 0 Å². The molecule has 0 saturated carbocycles. The van der Waals surface area contributed by atoms with Crippen molar-refractivity contribution in [2.24, 2.45) is 0 Å². The molecule has 2 aromatic carbocycles. The maximum Gasteiger partial charge on any atom is 0.336 e. The van der Waals surface area contributed by atoms with Crippen LogP contribution in [-0.4, -0.2) is 47.2 Å². The van der Waals surface area contributed by atoms with E-state index in [1.54, 1.807) is 55.1 Å². The molecule has 168 valence electrons. The Labute approximate surface area is 188 Å². The highest BCUT2D eigenvalue weighted by atomic mass is 35.5. The molecule has 0 aliphatic carbocycles. The summed E-state index contributed by atoms with van der Waals surface area (Å²) in [6.45, 7) is 6.81. The van der Waals surface area contributed by atoms with Gasteiger partial charge in [0.05, 0.1) is 0 Å². The Morgan fingerprint density at radius 3 is 2.13 bits per heavy atom. The Bertz CT molecular complexity index is 853. The van der Waals surface area contributed by atoms with E-state index in [0.717, 1.165) is 11.1 Å². The van der Waals surface area contributed by atoms with E-state index < -0.39 is 11.6 Å². The van der Waals surface area contributed by atoms with Crippen molar-refractivity contribution in [1.82, 2.24) is 4.90 Å². The summed E-state index contributed by atoms with van der Waals surface area (Å²) in [5.41, 5.74) is 0.585. The van der Waals surface area contributed by atoms with Crippen molar-refractivity contribution in [3.63, 3.8) is 0 Å². The minimum absolute atomic E-state index is 0.0756. The molecular formula is C24H30ClNO5. The number of nitrogens with zero attached hydrogens (tertiary/aromatic N) is 1. The van der Waals surface area contributed by atoms with E-state index in [1.165, 1.54) is 0 Å². The maximum atomic E-state index is 12.6. The van der Waals surface area contributed by atoms with Crippen LogP contribution in [-0.2, 0) is 27.3 Å². The van der Waals surface area contributed by atoms with Crippen molar-refractivity contribution >= 4 is 23.5 Å². The van der Waals surface area contributed by atoms with E-state index in [1.807, 2.05) is 19.1 Å². The molecule has 1 N–H and O–H groups in total. The SMILES string of the molecule is CCO[C@@](CC)(Cc1ccc(OCC(=O)N(CC)Cc2ccc(Cl)cc2)cc1)C(=O)O. The lowest BCUT2D eigenvalue weighted by Gasteiger charge is -2.28. The third-order valence-electron chi connectivity index (χ3n) is 5.18. The summed E-state index contributed by atoms with van der Waals surface area (Å²) in [4.78, 5) is 26.0. The van der Waals surface area contributed by atoms with E-state index in [9.17, 15) is 14.7 Å². The van der Waals surface area contributed by atoms with E-state index in [2.05, 4.69) is 0 Å². The van der Waals surface area contributed by atoms with Crippen LogP contribution >= 0.6 is 11.6 Å². The van der Waals surface area contributed by atoms with Crippen molar-refractivity contribution in [2.45, 2.75) is 45.8 Å². The first kappa shape index (κ1) is 24.7. The molecule has 0 radical (unpaired) electrons. The maximum absolute atomic E-state index is 12.6. The smallest absolute Gasteiger partial charge is 0.336 e. The van der Waals surface area contributed by atoms with Gasteiger partial charge >= 0.3 is 5.97 Å². The number of hydrogen-bond acceptors (Lipinski definition) is 4. The van der Waals surface area contributed by atoms with E-state index >= 15 is 0 Å². The van der Waals surface area contributed by atoms with Crippen LogP contribution in [0.3, 0.4) is 0 Å². The van der Waals surface area contributed by atoms with Crippen molar-refractivity contribution in [1.29, 1.82) is 0 Å². The summed E-state index contributed by atoms with van der Waals surface area (Å²) in [5, 5.41) is 10.3. The number of amides is 1. The molecule has 0 saturated heterocycles. The molecule has 7 heteroatoms. The second-order valence-electron chi connectivity index (χ2n) is 7.23. The van der Waals surface area contributed by atoms with Crippen molar-refractivity contribution in [3.05, 3.63) is 64.7 Å². The number of carboxylic acids is 1. The molecule has 0 aliphatic heterocycles. The van der Waals surface area contributed by atoms with Gasteiger partial charge in [-0.05, 0) is 55.7 Å². The Kier molecular flexibility index (Phi) is 9.34. The number of benzene rings is 2. The standard InChI is InChI=1S/C24H30ClNO5/c1-4-24(23(28)29,31-6-3)15-18-9-13-21(14-10-18)30-17-22(27)26(5-2)16-19-7-11-20(25)12-8-19/h7-14H,4-6,15-17H2,1-3H3,(H,28,29)/t24-/m0/s1. The van der Waals surface area contributed by atoms with Gasteiger partial charge in [-0.2, -0.15) is 0 Å². The molecule has 0 aromatic heterocycles.